The maximum absolute atomic E-state index is 11.6. The average Bonchev–Trinajstić information content (AvgIpc) is 2.96. The van der Waals surface area contributed by atoms with Crippen molar-refractivity contribution < 1.29 is 14.7 Å². The molecule has 0 aromatic rings. The molecule has 2 unspecified atom stereocenters. The standard InChI is InChI=1S/C11H14O3/c12-10-7(1-5-3-8(5)10)2-6-4-9(6)11(13)14/h5-9H,1-4H2,(H,13,14)/t5-,6?,7+,8+,9?/m1/s1. The van der Waals surface area contributed by atoms with Gasteiger partial charge in [-0.2, -0.15) is 0 Å². The Morgan fingerprint density at radius 3 is 2.64 bits per heavy atom. The van der Waals surface area contributed by atoms with Gasteiger partial charge in [0.05, 0.1) is 5.92 Å². The van der Waals surface area contributed by atoms with Crippen LogP contribution in [0.2, 0.25) is 0 Å². The minimum absolute atomic E-state index is 0.139. The van der Waals surface area contributed by atoms with Crippen LogP contribution >= 0.6 is 0 Å². The van der Waals surface area contributed by atoms with Gasteiger partial charge in [-0.3, -0.25) is 9.59 Å². The largest absolute Gasteiger partial charge is 0.481 e. The number of fused-ring (bicyclic) bond motifs is 1. The number of hydrogen-bond donors (Lipinski definition) is 1. The van der Waals surface area contributed by atoms with Crippen molar-refractivity contribution in [3.63, 3.8) is 0 Å². The summed E-state index contributed by atoms with van der Waals surface area (Å²) < 4.78 is 0. The second-order valence-electron chi connectivity index (χ2n) is 5.11. The number of carbonyl (C=O) groups is 2. The van der Waals surface area contributed by atoms with Gasteiger partial charge in [0.15, 0.2) is 0 Å². The quantitative estimate of drug-likeness (QED) is 0.737. The van der Waals surface area contributed by atoms with E-state index in [-0.39, 0.29) is 11.8 Å². The molecule has 0 aliphatic heterocycles. The predicted molar refractivity (Wildman–Crippen MR) is 48.6 cm³/mol. The molecular weight excluding hydrogens is 180 g/mol. The summed E-state index contributed by atoms with van der Waals surface area (Å²) >= 11 is 0. The van der Waals surface area contributed by atoms with Gasteiger partial charge in [0.1, 0.15) is 5.78 Å². The van der Waals surface area contributed by atoms with Crippen LogP contribution in [0.4, 0.5) is 0 Å². The lowest BCUT2D eigenvalue weighted by atomic mass is 9.95. The van der Waals surface area contributed by atoms with Crippen LogP contribution in [0.15, 0.2) is 0 Å². The van der Waals surface area contributed by atoms with Crippen LogP contribution < -0.4 is 0 Å². The molecule has 1 N–H and O–H groups in total. The Morgan fingerprint density at radius 2 is 2.14 bits per heavy atom. The van der Waals surface area contributed by atoms with Gasteiger partial charge in [0.25, 0.3) is 0 Å². The summed E-state index contributed by atoms with van der Waals surface area (Å²) in [6, 6.07) is 0. The summed E-state index contributed by atoms with van der Waals surface area (Å²) in [6.45, 7) is 0. The summed E-state index contributed by atoms with van der Waals surface area (Å²) in [4.78, 5) is 22.3. The van der Waals surface area contributed by atoms with E-state index in [9.17, 15) is 9.59 Å². The van der Waals surface area contributed by atoms with Crippen molar-refractivity contribution in [1.29, 1.82) is 0 Å². The molecule has 5 atom stereocenters. The highest BCUT2D eigenvalue weighted by Gasteiger charge is 2.55. The molecule has 3 aliphatic carbocycles. The van der Waals surface area contributed by atoms with Gasteiger partial charge in [-0.1, -0.05) is 0 Å². The third-order valence-electron chi connectivity index (χ3n) is 4.10. The Bertz CT molecular complexity index is 310. The highest BCUT2D eigenvalue weighted by atomic mass is 16.4. The van der Waals surface area contributed by atoms with Crippen LogP contribution in [0.1, 0.15) is 25.7 Å². The number of carbonyl (C=O) groups excluding carboxylic acids is 1. The zero-order valence-electron chi connectivity index (χ0n) is 7.98. The molecule has 14 heavy (non-hydrogen) atoms. The van der Waals surface area contributed by atoms with Gasteiger partial charge in [-0.15, -0.1) is 0 Å². The number of ketones is 1. The monoisotopic (exact) mass is 194 g/mol. The van der Waals surface area contributed by atoms with E-state index in [1.807, 2.05) is 0 Å². The van der Waals surface area contributed by atoms with E-state index in [1.165, 1.54) is 0 Å². The summed E-state index contributed by atoms with van der Waals surface area (Å²) in [5.74, 6) is 1.19. The van der Waals surface area contributed by atoms with Crippen LogP contribution in [0.3, 0.4) is 0 Å². The fourth-order valence-corrected chi connectivity index (χ4v) is 3.03. The molecule has 0 amide bonds. The van der Waals surface area contributed by atoms with Crippen molar-refractivity contribution in [2.75, 3.05) is 0 Å². The van der Waals surface area contributed by atoms with Crippen molar-refractivity contribution in [3.8, 4) is 0 Å². The first-order chi connectivity index (χ1) is 6.66. The van der Waals surface area contributed by atoms with Gasteiger partial charge in [-0.25, -0.2) is 0 Å². The summed E-state index contributed by atoms with van der Waals surface area (Å²) in [7, 11) is 0. The predicted octanol–water partition coefficient (Wildman–Crippen LogP) is 1.32. The summed E-state index contributed by atoms with van der Waals surface area (Å²) in [5, 5.41) is 8.74. The van der Waals surface area contributed by atoms with Gasteiger partial charge < -0.3 is 5.11 Å². The number of carboxylic acid groups (broad SMARTS) is 1. The van der Waals surface area contributed by atoms with Gasteiger partial charge in [0.2, 0.25) is 0 Å². The Morgan fingerprint density at radius 1 is 1.36 bits per heavy atom. The number of hydrogen-bond acceptors (Lipinski definition) is 2. The zero-order valence-corrected chi connectivity index (χ0v) is 7.98. The van der Waals surface area contributed by atoms with E-state index in [4.69, 9.17) is 5.11 Å². The minimum atomic E-state index is -0.675. The van der Waals surface area contributed by atoms with Crippen molar-refractivity contribution in [2.24, 2.45) is 29.6 Å². The SMILES string of the molecule is O=C(O)C1CC1C[C@@H]1C[C@@H]2C[C@@H]2C1=O. The Hall–Kier alpha value is -0.860. The molecule has 0 radical (unpaired) electrons. The second-order valence-corrected chi connectivity index (χ2v) is 5.11. The molecular formula is C11H14O3. The molecule has 0 heterocycles. The lowest BCUT2D eigenvalue weighted by Gasteiger charge is -2.08. The van der Waals surface area contributed by atoms with Gasteiger partial charge >= 0.3 is 5.97 Å². The van der Waals surface area contributed by atoms with E-state index in [0.717, 1.165) is 25.7 Å². The maximum atomic E-state index is 11.6. The molecule has 0 aromatic carbocycles. The first-order valence-corrected chi connectivity index (χ1v) is 5.43. The Balaban J connectivity index is 1.55. The van der Waals surface area contributed by atoms with E-state index < -0.39 is 5.97 Å². The highest BCUT2D eigenvalue weighted by Crippen LogP contribution is 2.55. The zero-order chi connectivity index (χ0) is 9.87. The Labute approximate surface area is 82.5 Å². The van der Waals surface area contributed by atoms with Crippen LogP contribution in [-0.2, 0) is 9.59 Å². The van der Waals surface area contributed by atoms with Crippen LogP contribution in [-0.4, -0.2) is 16.9 Å². The third kappa shape index (κ3) is 1.18. The number of aliphatic carboxylic acids is 1. The normalized spacial score (nSPS) is 48.9. The number of rotatable bonds is 3. The average molecular weight is 194 g/mol. The van der Waals surface area contributed by atoms with E-state index in [0.29, 0.717) is 23.5 Å². The first-order valence-electron chi connectivity index (χ1n) is 5.43. The third-order valence-corrected chi connectivity index (χ3v) is 4.10. The van der Waals surface area contributed by atoms with Crippen molar-refractivity contribution in [1.82, 2.24) is 0 Å². The molecule has 3 rings (SSSR count). The topological polar surface area (TPSA) is 54.4 Å². The fraction of sp³-hybridized carbons (Fsp3) is 0.818. The van der Waals surface area contributed by atoms with Crippen LogP contribution in [0.5, 0.6) is 0 Å². The summed E-state index contributed by atoms with van der Waals surface area (Å²) in [5.41, 5.74) is 0. The minimum Gasteiger partial charge on any atom is -0.481 e. The molecule has 0 bridgehead atoms. The van der Waals surface area contributed by atoms with Gasteiger partial charge in [0, 0.05) is 11.8 Å². The Kier molecular flexibility index (Phi) is 1.56. The second kappa shape index (κ2) is 2.59. The highest BCUT2D eigenvalue weighted by molar-refractivity contribution is 5.89. The van der Waals surface area contributed by atoms with Gasteiger partial charge in [-0.05, 0) is 37.5 Å². The fourth-order valence-electron chi connectivity index (χ4n) is 3.03. The molecule has 3 heteroatoms. The molecule has 3 fully saturated rings. The number of carboxylic acids is 1. The van der Waals surface area contributed by atoms with Crippen molar-refractivity contribution in [2.45, 2.75) is 25.7 Å². The van der Waals surface area contributed by atoms with Crippen molar-refractivity contribution >= 4 is 11.8 Å². The molecule has 3 saturated carbocycles. The molecule has 3 nitrogen and oxygen atoms in total. The first kappa shape index (κ1) is 8.45. The summed E-state index contributed by atoms with van der Waals surface area (Å²) in [6.07, 6.45) is 3.81. The molecule has 3 aliphatic rings. The van der Waals surface area contributed by atoms with Crippen LogP contribution in [0, 0.1) is 29.6 Å². The molecule has 0 aromatic heterocycles. The lowest BCUT2D eigenvalue weighted by Crippen LogP contribution is -2.13. The number of Topliss-reactive ketones (excluding diaryl/α,β-unsaturated/α-hetero) is 1. The lowest BCUT2D eigenvalue weighted by molar-refractivity contribution is -0.139. The van der Waals surface area contributed by atoms with Crippen molar-refractivity contribution in [3.05, 3.63) is 0 Å². The van der Waals surface area contributed by atoms with E-state index in [2.05, 4.69) is 0 Å². The van der Waals surface area contributed by atoms with E-state index in [1.54, 1.807) is 0 Å². The van der Waals surface area contributed by atoms with Crippen LogP contribution in [0.25, 0.3) is 0 Å². The molecule has 76 valence electrons. The molecule has 0 saturated heterocycles. The maximum Gasteiger partial charge on any atom is 0.306 e. The van der Waals surface area contributed by atoms with E-state index >= 15 is 0 Å². The smallest absolute Gasteiger partial charge is 0.306 e. The molecule has 0 spiro atoms.